The van der Waals surface area contributed by atoms with E-state index in [1.807, 2.05) is 9.80 Å². The first-order valence-electron chi connectivity index (χ1n) is 6.29. The van der Waals surface area contributed by atoms with E-state index in [0.29, 0.717) is 12.6 Å². The molecule has 1 aliphatic heterocycles. The van der Waals surface area contributed by atoms with E-state index in [9.17, 15) is 9.59 Å². The second-order valence-corrected chi connectivity index (χ2v) is 4.80. The van der Waals surface area contributed by atoms with Crippen molar-refractivity contribution in [3.63, 3.8) is 0 Å². The van der Waals surface area contributed by atoms with Gasteiger partial charge in [-0.15, -0.1) is 0 Å². The zero-order valence-electron chi connectivity index (χ0n) is 10.4. The van der Waals surface area contributed by atoms with E-state index in [1.165, 1.54) is 7.11 Å². The number of rotatable bonds is 5. The van der Waals surface area contributed by atoms with Gasteiger partial charge < -0.3 is 9.64 Å². The molecule has 0 aromatic carbocycles. The first kappa shape index (κ1) is 12.4. The molecule has 0 aromatic heterocycles. The molecule has 1 saturated carbocycles. The van der Waals surface area contributed by atoms with Crippen LogP contribution in [0.3, 0.4) is 0 Å². The van der Waals surface area contributed by atoms with Crippen LogP contribution in [0.4, 0.5) is 0 Å². The van der Waals surface area contributed by atoms with Gasteiger partial charge in [-0.05, 0) is 25.7 Å². The second-order valence-electron chi connectivity index (χ2n) is 4.80. The largest absolute Gasteiger partial charge is 0.468 e. The molecule has 96 valence electrons. The molecule has 1 amide bonds. The summed E-state index contributed by atoms with van der Waals surface area (Å²) in [6, 6.07) is 0.403. The van der Waals surface area contributed by atoms with E-state index >= 15 is 0 Å². The van der Waals surface area contributed by atoms with Crippen LogP contribution in [0.25, 0.3) is 0 Å². The maximum absolute atomic E-state index is 12.0. The molecule has 5 nitrogen and oxygen atoms in total. The topological polar surface area (TPSA) is 49.9 Å². The van der Waals surface area contributed by atoms with Crippen LogP contribution in [-0.2, 0) is 14.3 Å². The summed E-state index contributed by atoms with van der Waals surface area (Å²) < 4.78 is 4.66. The van der Waals surface area contributed by atoms with Gasteiger partial charge in [0.15, 0.2) is 0 Å². The Morgan fingerprint density at radius 1 is 1.24 bits per heavy atom. The molecule has 1 aliphatic carbocycles. The van der Waals surface area contributed by atoms with Crippen LogP contribution in [0.5, 0.6) is 0 Å². The molecule has 1 heterocycles. The number of esters is 1. The molecule has 0 bridgehead atoms. The van der Waals surface area contributed by atoms with Crippen molar-refractivity contribution >= 4 is 11.9 Å². The van der Waals surface area contributed by atoms with Gasteiger partial charge in [-0.2, -0.15) is 0 Å². The average molecular weight is 240 g/mol. The fourth-order valence-corrected chi connectivity index (χ4v) is 2.22. The average Bonchev–Trinajstić information content (AvgIpc) is 3.02. The molecule has 5 heteroatoms. The highest BCUT2D eigenvalue weighted by Gasteiger charge is 2.33. The van der Waals surface area contributed by atoms with E-state index < -0.39 is 0 Å². The van der Waals surface area contributed by atoms with Crippen LogP contribution in [-0.4, -0.2) is 61.0 Å². The van der Waals surface area contributed by atoms with Gasteiger partial charge in [0.1, 0.15) is 0 Å². The fraction of sp³-hybridized carbons (Fsp3) is 0.833. The maximum Gasteiger partial charge on any atom is 0.319 e. The van der Waals surface area contributed by atoms with Gasteiger partial charge in [0.05, 0.1) is 20.2 Å². The number of likely N-dealkylation sites (tertiary alicyclic amines) is 1. The van der Waals surface area contributed by atoms with Gasteiger partial charge in [-0.3, -0.25) is 14.5 Å². The van der Waals surface area contributed by atoms with E-state index in [0.717, 1.165) is 38.8 Å². The van der Waals surface area contributed by atoms with Crippen molar-refractivity contribution in [2.24, 2.45) is 0 Å². The van der Waals surface area contributed by atoms with Crippen molar-refractivity contribution in [3.05, 3.63) is 0 Å². The van der Waals surface area contributed by atoms with Crippen molar-refractivity contribution in [1.82, 2.24) is 9.80 Å². The molecular weight excluding hydrogens is 220 g/mol. The monoisotopic (exact) mass is 240 g/mol. The predicted molar refractivity (Wildman–Crippen MR) is 62.4 cm³/mol. The zero-order chi connectivity index (χ0) is 12.3. The SMILES string of the molecule is COC(=O)CN(CC(=O)N1CCCC1)C1CC1. The molecule has 0 unspecified atom stereocenters. The first-order valence-corrected chi connectivity index (χ1v) is 6.29. The molecule has 17 heavy (non-hydrogen) atoms. The van der Waals surface area contributed by atoms with E-state index in [4.69, 9.17) is 0 Å². The molecule has 2 aliphatic rings. The molecule has 0 radical (unpaired) electrons. The summed E-state index contributed by atoms with van der Waals surface area (Å²) in [7, 11) is 1.38. The number of nitrogens with zero attached hydrogens (tertiary/aromatic N) is 2. The maximum atomic E-state index is 12.0. The van der Waals surface area contributed by atoms with E-state index in [-0.39, 0.29) is 18.4 Å². The third-order valence-electron chi connectivity index (χ3n) is 3.42. The zero-order valence-corrected chi connectivity index (χ0v) is 10.4. The summed E-state index contributed by atoms with van der Waals surface area (Å²) in [5.41, 5.74) is 0. The summed E-state index contributed by atoms with van der Waals surface area (Å²) in [5.74, 6) is -0.107. The number of methoxy groups -OCH3 is 1. The third-order valence-corrected chi connectivity index (χ3v) is 3.42. The molecule has 2 fully saturated rings. The molecule has 0 atom stereocenters. The van der Waals surface area contributed by atoms with E-state index in [2.05, 4.69) is 4.74 Å². The highest BCUT2D eigenvalue weighted by atomic mass is 16.5. The molecular formula is C12H20N2O3. The number of carbonyl (C=O) groups excluding carboxylic acids is 2. The smallest absolute Gasteiger partial charge is 0.319 e. The Bertz CT molecular complexity index is 296. The standard InChI is InChI=1S/C12H20N2O3/c1-17-12(16)9-14(10-4-5-10)8-11(15)13-6-2-3-7-13/h10H,2-9H2,1H3. The molecule has 2 rings (SSSR count). The highest BCUT2D eigenvalue weighted by molar-refractivity contribution is 5.79. The van der Waals surface area contributed by atoms with Crippen LogP contribution in [0, 0.1) is 0 Å². The number of carbonyl (C=O) groups is 2. The Labute approximate surface area is 102 Å². The summed E-state index contributed by atoms with van der Waals surface area (Å²) in [6.45, 7) is 2.34. The quantitative estimate of drug-likeness (QED) is 0.646. The summed E-state index contributed by atoms with van der Waals surface area (Å²) in [5, 5.41) is 0. The molecule has 0 spiro atoms. The lowest BCUT2D eigenvalue weighted by molar-refractivity contribution is -0.143. The van der Waals surface area contributed by atoms with Crippen molar-refractivity contribution in [3.8, 4) is 0 Å². The van der Waals surface area contributed by atoms with E-state index in [1.54, 1.807) is 0 Å². The van der Waals surface area contributed by atoms with Crippen LogP contribution in [0.15, 0.2) is 0 Å². The Morgan fingerprint density at radius 2 is 1.88 bits per heavy atom. The van der Waals surface area contributed by atoms with Crippen molar-refractivity contribution in [2.75, 3.05) is 33.3 Å². The van der Waals surface area contributed by atoms with Gasteiger partial charge in [-0.25, -0.2) is 0 Å². The third kappa shape index (κ3) is 3.43. The lowest BCUT2D eigenvalue weighted by Gasteiger charge is -2.23. The Hall–Kier alpha value is -1.10. The summed E-state index contributed by atoms with van der Waals surface area (Å²) in [6.07, 6.45) is 4.38. The Kier molecular flexibility index (Phi) is 3.99. The second kappa shape index (κ2) is 5.49. The predicted octanol–water partition coefficient (Wildman–Crippen LogP) is 0.246. The van der Waals surface area contributed by atoms with Gasteiger partial charge in [-0.1, -0.05) is 0 Å². The molecule has 0 N–H and O–H groups in total. The lowest BCUT2D eigenvalue weighted by Crippen LogP contribution is -2.42. The first-order chi connectivity index (χ1) is 8.20. The Balaban J connectivity index is 1.83. The normalized spacial score (nSPS) is 19.8. The Morgan fingerprint density at radius 3 is 2.41 bits per heavy atom. The minimum atomic E-state index is -0.258. The fourth-order valence-electron chi connectivity index (χ4n) is 2.22. The summed E-state index contributed by atoms with van der Waals surface area (Å²) in [4.78, 5) is 27.1. The van der Waals surface area contributed by atoms with Crippen molar-refractivity contribution in [1.29, 1.82) is 0 Å². The summed E-state index contributed by atoms with van der Waals surface area (Å²) >= 11 is 0. The van der Waals surface area contributed by atoms with Crippen LogP contribution >= 0.6 is 0 Å². The van der Waals surface area contributed by atoms with Crippen LogP contribution < -0.4 is 0 Å². The van der Waals surface area contributed by atoms with Gasteiger partial charge in [0.2, 0.25) is 5.91 Å². The minimum absolute atomic E-state index is 0.151. The number of hydrogen-bond acceptors (Lipinski definition) is 4. The van der Waals surface area contributed by atoms with Gasteiger partial charge in [0, 0.05) is 19.1 Å². The van der Waals surface area contributed by atoms with Gasteiger partial charge >= 0.3 is 5.97 Å². The van der Waals surface area contributed by atoms with Crippen LogP contribution in [0.1, 0.15) is 25.7 Å². The molecule has 1 saturated heterocycles. The highest BCUT2D eigenvalue weighted by Crippen LogP contribution is 2.26. The lowest BCUT2D eigenvalue weighted by atomic mass is 10.4. The van der Waals surface area contributed by atoms with Crippen molar-refractivity contribution < 1.29 is 14.3 Å². The van der Waals surface area contributed by atoms with Gasteiger partial charge in [0.25, 0.3) is 0 Å². The molecule has 0 aromatic rings. The number of hydrogen-bond donors (Lipinski definition) is 0. The number of ether oxygens (including phenoxy) is 1. The van der Waals surface area contributed by atoms with Crippen molar-refractivity contribution in [2.45, 2.75) is 31.7 Å². The minimum Gasteiger partial charge on any atom is -0.468 e. The number of amides is 1. The van der Waals surface area contributed by atoms with Crippen LogP contribution in [0.2, 0.25) is 0 Å².